The molecule has 0 radical (unpaired) electrons. The van der Waals surface area contributed by atoms with Crippen molar-refractivity contribution in [2.75, 3.05) is 18.8 Å². The number of aliphatic hydroxyl groups is 1. The summed E-state index contributed by atoms with van der Waals surface area (Å²) in [6, 6.07) is 8.37. The minimum Gasteiger partial charge on any atom is -0.392 e. The molecule has 1 aromatic carbocycles. The Hall–Kier alpha value is -0.510. The third-order valence-electron chi connectivity index (χ3n) is 3.73. The van der Waals surface area contributed by atoms with Crippen LogP contribution in [0.15, 0.2) is 24.3 Å². The lowest BCUT2D eigenvalue weighted by Gasteiger charge is -2.24. The maximum Gasteiger partial charge on any atom is 0.0681 e. The van der Waals surface area contributed by atoms with Crippen LogP contribution in [0.3, 0.4) is 0 Å². The summed E-state index contributed by atoms with van der Waals surface area (Å²) < 4.78 is 0. The highest BCUT2D eigenvalue weighted by molar-refractivity contribution is 7.99. The summed E-state index contributed by atoms with van der Waals surface area (Å²) in [5, 5.41) is 9.88. The van der Waals surface area contributed by atoms with Crippen LogP contribution < -0.4 is 0 Å². The summed E-state index contributed by atoms with van der Waals surface area (Å²) in [7, 11) is 0. The molecule has 1 unspecified atom stereocenters. The Morgan fingerprint density at radius 1 is 1.21 bits per heavy atom. The highest BCUT2D eigenvalue weighted by atomic mass is 32.2. The molecular formula is C16H25NOS. The second-order valence-electron chi connectivity index (χ2n) is 5.28. The first kappa shape index (κ1) is 14.9. The standard InChI is InChI=1S/C16H25NOS/c1-2-19-16-5-3-4-10-17(12-16)11-14-6-8-15(13-18)9-7-14/h6-9,16,18H,2-5,10-13H2,1H3. The summed E-state index contributed by atoms with van der Waals surface area (Å²) in [5.74, 6) is 1.23. The van der Waals surface area contributed by atoms with Gasteiger partial charge in [-0.15, -0.1) is 0 Å². The molecule has 2 rings (SSSR count). The minimum atomic E-state index is 0.138. The zero-order valence-corrected chi connectivity index (χ0v) is 12.7. The number of hydrogen-bond donors (Lipinski definition) is 1. The van der Waals surface area contributed by atoms with E-state index in [9.17, 15) is 0 Å². The number of nitrogens with zero attached hydrogens (tertiary/aromatic N) is 1. The van der Waals surface area contributed by atoms with E-state index in [4.69, 9.17) is 5.11 Å². The Labute approximate surface area is 121 Å². The van der Waals surface area contributed by atoms with Crippen LogP contribution in [0, 0.1) is 0 Å². The molecule has 1 aliphatic rings. The van der Waals surface area contributed by atoms with Crippen molar-refractivity contribution in [1.82, 2.24) is 4.90 Å². The molecule has 0 spiro atoms. The van der Waals surface area contributed by atoms with Gasteiger partial charge in [-0.3, -0.25) is 4.90 Å². The highest BCUT2D eigenvalue weighted by Crippen LogP contribution is 2.23. The monoisotopic (exact) mass is 279 g/mol. The molecule has 1 saturated heterocycles. The largest absolute Gasteiger partial charge is 0.392 e. The Bertz CT molecular complexity index is 366. The molecule has 106 valence electrons. The summed E-state index contributed by atoms with van der Waals surface area (Å²) in [5.41, 5.74) is 2.36. The van der Waals surface area contributed by atoms with Gasteiger partial charge in [-0.2, -0.15) is 11.8 Å². The average molecular weight is 279 g/mol. The fraction of sp³-hybridized carbons (Fsp3) is 0.625. The van der Waals surface area contributed by atoms with Gasteiger partial charge in [-0.05, 0) is 36.3 Å². The molecule has 0 saturated carbocycles. The Balaban J connectivity index is 1.92. The second-order valence-corrected chi connectivity index (χ2v) is 6.86. The lowest BCUT2D eigenvalue weighted by molar-refractivity contribution is 0.277. The van der Waals surface area contributed by atoms with Gasteiger partial charge < -0.3 is 5.11 Å². The molecule has 3 heteroatoms. The smallest absolute Gasteiger partial charge is 0.0681 e. The maximum atomic E-state index is 9.07. The molecule has 1 atom stereocenters. The van der Waals surface area contributed by atoms with E-state index in [2.05, 4.69) is 35.7 Å². The van der Waals surface area contributed by atoms with Gasteiger partial charge in [0.2, 0.25) is 0 Å². The second kappa shape index (κ2) is 7.93. The summed E-state index contributed by atoms with van der Waals surface area (Å²) in [6.45, 7) is 5.89. The van der Waals surface area contributed by atoms with Gasteiger partial charge in [0.05, 0.1) is 6.61 Å². The van der Waals surface area contributed by atoms with E-state index in [0.717, 1.165) is 17.4 Å². The zero-order valence-electron chi connectivity index (χ0n) is 11.8. The van der Waals surface area contributed by atoms with Crippen LogP contribution in [0.25, 0.3) is 0 Å². The first-order valence-corrected chi connectivity index (χ1v) is 8.39. The SMILES string of the molecule is CCSC1CCCCN(Cc2ccc(CO)cc2)C1. The van der Waals surface area contributed by atoms with Crippen LogP contribution in [0.1, 0.15) is 37.3 Å². The van der Waals surface area contributed by atoms with Crippen LogP contribution >= 0.6 is 11.8 Å². The van der Waals surface area contributed by atoms with E-state index in [0.29, 0.717) is 0 Å². The van der Waals surface area contributed by atoms with Gasteiger partial charge in [0, 0.05) is 18.3 Å². The Morgan fingerprint density at radius 2 is 1.95 bits per heavy atom. The number of rotatable bonds is 5. The van der Waals surface area contributed by atoms with Crippen LogP contribution in [-0.2, 0) is 13.2 Å². The van der Waals surface area contributed by atoms with E-state index >= 15 is 0 Å². The minimum absolute atomic E-state index is 0.138. The van der Waals surface area contributed by atoms with Crippen molar-refractivity contribution < 1.29 is 5.11 Å². The molecule has 1 aromatic rings. The van der Waals surface area contributed by atoms with Gasteiger partial charge in [0.25, 0.3) is 0 Å². The molecule has 1 fully saturated rings. The number of likely N-dealkylation sites (tertiary alicyclic amines) is 1. The highest BCUT2D eigenvalue weighted by Gasteiger charge is 2.17. The molecule has 0 aromatic heterocycles. The van der Waals surface area contributed by atoms with Crippen LogP contribution in [-0.4, -0.2) is 34.1 Å². The van der Waals surface area contributed by atoms with E-state index in [1.807, 2.05) is 12.1 Å². The van der Waals surface area contributed by atoms with Crippen LogP contribution in [0.5, 0.6) is 0 Å². The molecule has 1 N–H and O–H groups in total. The number of benzene rings is 1. The first-order chi connectivity index (χ1) is 9.31. The molecule has 0 amide bonds. The molecule has 0 aliphatic carbocycles. The maximum absolute atomic E-state index is 9.07. The van der Waals surface area contributed by atoms with Crippen molar-refractivity contribution in [3.05, 3.63) is 35.4 Å². The zero-order chi connectivity index (χ0) is 13.5. The van der Waals surface area contributed by atoms with Crippen molar-refractivity contribution in [2.45, 2.75) is 44.6 Å². The third kappa shape index (κ3) is 4.83. The average Bonchev–Trinajstić information content (AvgIpc) is 2.65. The van der Waals surface area contributed by atoms with Crippen LogP contribution in [0.4, 0.5) is 0 Å². The van der Waals surface area contributed by atoms with Crippen molar-refractivity contribution in [2.24, 2.45) is 0 Å². The number of aliphatic hydroxyl groups excluding tert-OH is 1. The first-order valence-electron chi connectivity index (χ1n) is 7.34. The summed E-state index contributed by atoms with van der Waals surface area (Å²) in [6.07, 6.45) is 4.07. The van der Waals surface area contributed by atoms with Crippen molar-refractivity contribution in [3.63, 3.8) is 0 Å². The van der Waals surface area contributed by atoms with E-state index in [-0.39, 0.29) is 6.61 Å². The fourth-order valence-electron chi connectivity index (χ4n) is 2.70. The van der Waals surface area contributed by atoms with Crippen molar-refractivity contribution >= 4 is 11.8 Å². The van der Waals surface area contributed by atoms with Crippen LogP contribution in [0.2, 0.25) is 0 Å². The lowest BCUT2D eigenvalue weighted by Crippen LogP contribution is -2.29. The molecule has 0 bridgehead atoms. The third-order valence-corrected chi connectivity index (χ3v) is 4.92. The lowest BCUT2D eigenvalue weighted by atomic mass is 10.1. The van der Waals surface area contributed by atoms with Gasteiger partial charge in [-0.25, -0.2) is 0 Å². The Kier molecular flexibility index (Phi) is 6.21. The summed E-state index contributed by atoms with van der Waals surface area (Å²) >= 11 is 2.11. The van der Waals surface area contributed by atoms with Crippen molar-refractivity contribution in [1.29, 1.82) is 0 Å². The Morgan fingerprint density at radius 3 is 2.63 bits per heavy atom. The molecule has 1 aliphatic heterocycles. The molecular weight excluding hydrogens is 254 g/mol. The predicted molar refractivity (Wildman–Crippen MR) is 83.4 cm³/mol. The van der Waals surface area contributed by atoms with Gasteiger partial charge in [0.1, 0.15) is 0 Å². The number of thioether (sulfide) groups is 1. The van der Waals surface area contributed by atoms with Gasteiger partial charge >= 0.3 is 0 Å². The molecule has 1 heterocycles. The quantitative estimate of drug-likeness (QED) is 0.894. The topological polar surface area (TPSA) is 23.5 Å². The van der Waals surface area contributed by atoms with Crippen molar-refractivity contribution in [3.8, 4) is 0 Å². The van der Waals surface area contributed by atoms with E-state index in [1.54, 1.807) is 0 Å². The van der Waals surface area contributed by atoms with Gasteiger partial charge in [-0.1, -0.05) is 37.6 Å². The van der Waals surface area contributed by atoms with E-state index in [1.165, 1.54) is 43.7 Å². The molecule has 19 heavy (non-hydrogen) atoms. The number of hydrogen-bond acceptors (Lipinski definition) is 3. The van der Waals surface area contributed by atoms with Gasteiger partial charge in [0.15, 0.2) is 0 Å². The normalized spacial score (nSPS) is 21.3. The fourth-order valence-corrected chi connectivity index (χ4v) is 3.82. The summed E-state index contributed by atoms with van der Waals surface area (Å²) in [4.78, 5) is 2.59. The molecule has 2 nitrogen and oxygen atoms in total. The van der Waals surface area contributed by atoms with E-state index < -0.39 is 0 Å². The predicted octanol–water partition coefficient (Wildman–Crippen LogP) is 3.29.